The first-order chi connectivity index (χ1) is 73.4. The van der Waals surface area contributed by atoms with Gasteiger partial charge in [-0.1, -0.05) is 473 Å². The van der Waals surface area contributed by atoms with Crippen molar-refractivity contribution in [2.24, 2.45) is 0 Å². The zero-order valence-electron chi connectivity index (χ0n) is 80.8. The summed E-state index contributed by atoms with van der Waals surface area (Å²) < 4.78 is 0. The quantitative estimate of drug-likeness (QED) is 0.105. The van der Waals surface area contributed by atoms with Gasteiger partial charge in [0.25, 0.3) is 0 Å². The molecule has 35 aromatic rings. The molecule has 2 aliphatic rings. The molecule has 0 amide bonds. The first-order valence-electron chi connectivity index (χ1n) is 51.6. The Kier molecular flexibility index (Phi) is 18.7. The van der Waals surface area contributed by atoms with Crippen LogP contribution in [0.1, 0.15) is 0 Å². The Morgan fingerprint density at radius 2 is 0.264 bits per heavy atom. The van der Waals surface area contributed by atoms with Crippen LogP contribution in [0.2, 0.25) is 0 Å². The predicted octanol–water partition coefficient (Wildman–Crippen LogP) is 42.4. The number of rotatable bonds is 0. The molecule has 0 saturated carbocycles. The summed E-state index contributed by atoms with van der Waals surface area (Å²) in [6.45, 7) is 0. The monoisotopic (exact) mass is 1860 g/mol. The van der Waals surface area contributed by atoms with E-state index in [1.165, 1.54) is 324 Å². The van der Waals surface area contributed by atoms with Gasteiger partial charge in [0, 0.05) is 0 Å². The summed E-state index contributed by atoms with van der Waals surface area (Å²) in [7, 11) is 0. The van der Waals surface area contributed by atoms with Gasteiger partial charge in [0.05, 0.1) is 0 Å². The lowest BCUT2D eigenvalue weighted by Gasteiger charge is -2.17. The highest BCUT2D eigenvalue weighted by Gasteiger charge is 2.26. The Labute approximate surface area is 851 Å². The molecule has 0 unspecified atom stereocenters. The third-order valence-corrected chi connectivity index (χ3v) is 32.5. The van der Waals surface area contributed by atoms with Crippen molar-refractivity contribution >= 4 is 302 Å². The lowest BCUT2D eigenvalue weighted by Crippen LogP contribution is -1.89. The average molecular weight is 1870 g/mol. The molecule has 0 spiro atoms. The second kappa shape index (κ2) is 33.2. The van der Waals surface area contributed by atoms with Crippen LogP contribution in [0.4, 0.5) is 0 Å². The Morgan fingerprint density at radius 3 is 0.676 bits per heavy atom. The van der Waals surface area contributed by atoms with E-state index in [0.29, 0.717) is 0 Å². The average Bonchev–Trinajstić information content (AvgIpc) is 1.68. The van der Waals surface area contributed by atoms with E-state index < -0.39 is 0 Å². The fourth-order valence-corrected chi connectivity index (χ4v) is 26.1. The van der Waals surface area contributed by atoms with Crippen LogP contribution in [0.25, 0.3) is 324 Å². The maximum absolute atomic E-state index is 2.33. The smallest absolute Gasteiger partial charge is 0.00137 e. The first-order valence-corrected chi connectivity index (χ1v) is 51.6. The molecule has 680 valence electrons. The zero-order valence-corrected chi connectivity index (χ0v) is 80.8. The molecule has 0 atom stereocenters. The van der Waals surface area contributed by atoms with Crippen LogP contribution >= 0.6 is 0 Å². The summed E-state index contributed by atoms with van der Waals surface area (Å²) in [5.74, 6) is 0. The first kappa shape index (κ1) is 83.4. The maximum atomic E-state index is 2.33. The molecular formula is C148H88. The SMILES string of the molecule is c1cc2c3c(c1)ccc1ccc4cccc-2c4c13.c1cc2ccc3ccc4ccc5cccc6c(c1)c2c3c4c56.c1ccc2c(c1)c1ccccc1c1ccccc21.c1ccc2c(c1)cc1cccc3c4cccc5cccc(c54)c2c13.c1ccc2c3c4c(ccc5ccc6cccc-3c6c54)cc2c1.c1ccc2cc3c(ccc4ccc5ccccc5c43)cc2c1.c1ccc2cc3cc4cc5ccccc5cc4cc3cc2c1. The van der Waals surface area contributed by atoms with Crippen LogP contribution in [0.5, 0.6) is 0 Å². The summed E-state index contributed by atoms with van der Waals surface area (Å²) in [5.41, 5.74) is 5.60. The van der Waals surface area contributed by atoms with Gasteiger partial charge in [0.2, 0.25) is 0 Å². The molecule has 2 aliphatic carbocycles. The van der Waals surface area contributed by atoms with Crippen LogP contribution in [-0.4, -0.2) is 0 Å². The van der Waals surface area contributed by atoms with Gasteiger partial charge >= 0.3 is 0 Å². The van der Waals surface area contributed by atoms with Crippen LogP contribution < -0.4 is 0 Å². The zero-order chi connectivity index (χ0) is 96.9. The van der Waals surface area contributed by atoms with Gasteiger partial charge in [0.15, 0.2) is 0 Å². The standard InChI is InChI=1S/C24H14.2C22H12.2C22H14.C18H10.C18H12/c1-2-10-18-16(6-1)14-17-9-5-12-20-19-11-3-7-15-8-4-13-21(22(15)19)24(18)23(17)20;1-3-13-7-9-15-11-12-16-10-8-14-4-2-6-18-17(5-1)19(13)21(15)22(16)20(14)18;1-2-6-17-15(4-1)12-16-11-10-14-9-8-13-5-3-7-18-19(13)20(14)21(16)22(17)18;1-2-7-18-14-21-19(13-17(18)6-1)12-11-16-10-9-15-5-3-4-8-20(15)22(16)21;1-2-6-16-10-20-14-22-12-18-8-4-3-7-17(18)11-21(22)13-19(20)9-15(16)5-1;1-3-11-7-9-13-10-8-12-4-2-6-15-14(5-1)16(11)18(13)17(12)15;1-2-8-14-13(7-1)15-9-3-4-11-17(15)18-12-6-5-10-16(14)18/h1-14H;2*1-12H;2*1-14H;1-10H;1-12H. The fourth-order valence-electron chi connectivity index (χ4n) is 26.1. The Hall–Kier alpha value is -19.2. The minimum atomic E-state index is 1.30. The number of hydrogen-bond acceptors (Lipinski definition) is 0. The van der Waals surface area contributed by atoms with Crippen LogP contribution in [-0.2, 0) is 0 Å². The van der Waals surface area contributed by atoms with Gasteiger partial charge in [-0.05, 0) is 385 Å². The van der Waals surface area contributed by atoms with E-state index in [0.717, 1.165) is 0 Å². The molecule has 37 rings (SSSR count). The number of hydrogen-bond donors (Lipinski definition) is 0. The second-order valence-electron chi connectivity index (χ2n) is 40.5. The van der Waals surface area contributed by atoms with E-state index in [9.17, 15) is 0 Å². The van der Waals surface area contributed by atoms with E-state index in [4.69, 9.17) is 0 Å². The third-order valence-electron chi connectivity index (χ3n) is 32.5. The molecule has 0 radical (unpaired) electrons. The maximum Gasteiger partial charge on any atom is -0.00137 e. The van der Waals surface area contributed by atoms with Crippen molar-refractivity contribution in [1.29, 1.82) is 0 Å². The van der Waals surface area contributed by atoms with Crippen molar-refractivity contribution in [3.8, 4) is 22.3 Å². The molecule has 0 heterocycles. The van der Waals surface area contributed by atoms with Crippen LogP contribution in [0, 0.1) is 0 Å². The van der Waals surface area contributed by atoms with Crippen molar-refractivity contribution in [2.45, 2.75) is 0 Å². The van der Waals surface area contributed by atoms with Crippen molar-refractivity contribution in [3.05, 3.63) is 534 Å². The largest absolute Gasteiger partial charge is 0.0616 e. The summed E-state index contributed by atoms with van der Waals surface area (Å²) in [4.78, 5) is 0. The fraction of sp³-hybridized carbons (Fsp3) is 0. The minimum absolute atomic E-state index is 1.30. The molecule has 0 aliphatic heterocycles. The lowest BCUT2D eigenvalue weighted by atomic mass is 9.86. The normalized spacial score (nSPS) is 12.1. The van der Waals surface area contributed by atoms with E-state index >= 15 is 0 Å². The predicted molar refractivity (Wildman–Crippen MR) is 647 cm³/mol. The number of benzene rings is 35. The van der Waals surface area contributed by atoms with Crippen molar-refractivity contribution < 1.29 is 0 Å². The Bertz CT molecular complexity index is 11200. The molecular weight excluding hydrogens is 1780 g/mol. The van der Waals surface area contributed by atoms with E-state index in [1.54, 1.807) is 0 Å². The summed E-state index contributed by atoms with van der Waals surface area (Å²) in [5, 5.41) is 75.8. The topological polar surface area (TPSA) is 0 Å². The molecule has 0 saturated heterocycles. The molecule has 35 aromatic carbocycles. The van der Waals surface area contributed by atoms with E-state index in [-0.39, 0.29) is 0 Å². The van der Waals surface area contributed by atoms with Crippen molar-refractivity contribution in [2.75, 3.05) is 0 Å². The van der Waals surface area contributed by atoms with Crippen LogP contribution in [0.3, 0.4) is 0 Å². The summed E-state index contributed by atoms with van der Waals surface area (Å²) >= 11 is 0. The highest BCUT2D eigenvalue weighted by Crippen LogP contribution is 2.54. The van der Waals surface area contributed by atoms with Gasteiger partial charge in [-0.15, -0.1) is 0 Å². The van der Waals surface area contributed by atoms with E-state index in [1.807, 2.05) is 0 Å². The molecule has 0 heteroatoms. The lowest BCUT2D eigenvalue weighted by molar-refractivity contribution is 1.77. The second-order valence-corrected chi connectivity index (χ2v) is 40.5. The van der Waals surface area contributed by atoms with E-state index in [2.05, 4.69) is 534 Å². The van der Waals surface area contributed by atoms with Crippen molar-refractivity contribution in [1.82, 2.24) is 0 Å². The molecule has 0 N–H and O–H groups in total. The van der Waals surface area contributed by atoms with Gasteiger partial charge in [0.1, 0.15) is 0 Å². The van der Waals surface area contributed by atoms with Gasteiger partial charge in [-0.2, -0.15) is 0 Å². The van der Waals surface area contributed by atoms with Crippen LogP contribution in [0.15, 0.2) is 534 Å². The Balaban J connectivity index is 0.0000000782. The minimum Gasteiger partial charge on any atom is -0.0616 e. The molecule has 0 nitrogen and oxygen atoms in total. The molecule has 0 bridgehead atoms. The third kappa shape index (κ3) is 13.0. The van der Waals surface area contributed by atoms with Gasteiger partial charge in [-0.3, -0.25) is 0 Å². The molecule has 148 heavy (non-hydrogen) atoms. The van der Waals surface area contributed by atoms with Gasteiger partial charge in [-0.25, -0.2) is 0 Å². The molecule has 0 fully saturated rings. The highest BCUT2D eigenvalue weighted by atomic mass is 14.3. The highest BCUT2D eigenvalue weighted by molar-refractivity contribution is 6.43. The van der Waals surface area contributed by atoms with Gasteiger partial charge < -0.3 is 0 Å². The Morgan fingerprint density at radius 1 is 0.0676 bits per heavy atom. The number of fused-ring (bicyclic) bond motifs is 25. The molecule has 0 aromatic heterocycles. The summed E-state index contributed by atoms with van der Waals surface area (Å²) in [6.07, 6.45) is 0. The van der Waals surface area contributed by atoms with Crippen molar-refractivity contribution in [3.63, 3.8) is 0 Å². The summed E-state index contributed by atoms with van der Waals surface area (Å²) in [6, 6.07) is 195.